The fourth-order valence-corrected chi connectivity index (χ4v) is 2.30. The second-order valence-electron chi connectivity index (χ2n) is 2.86. The normalized spacial score (nSPS) is 10.2. The maximum atomic E-state index is 11.2. The standard InChI is InChI=1S/C10H9BrCl2O/c11-10-3-1-2-7(9(10)6-13)4-8(14)5-12/h1-3H,4-6H2. The summed E-state index contributed by atoms with van der Waals surface area (Å²) >= 11 is 14.6. The average molecular weight is 296 g/mol. The fourth-order valence-electron chi connectivity index (χ4n) is 1.18. The Balaban J connectivity index is 2.96. The SMILES string of the molecule is O=C(CCl)Cc1cccc(Br)c1CCl. The van der Waals surface area contributed by atoms with E-state index in [9.17, 15) is 4.79 Å². The van der Waals surface area contributed by atoms with Gasteiger partial charge in [-0.15, -0.1) is 23.2 Å². The largest absolute Gasteiger partial charge is 0.298 e. The quantitative estimate of drug-likeness (QED) is 0.777. The summed E-state index contributed by atoms with van der Waals surface area (Å²) in [5.74, 6) is 0.455. The second-order valence-corrected chi connectivity index (χ2v) is 4.25. The molecule has 0 atom stereocenters. The number of hydrogen-bond donors (Lipinski definition) is 0. The van der Waals surface area contributed by atoms with Gasteiger partial charge in [0.1, 0.15) is 0 Å². The molecule has 0 saturated heterocycles. The number of ketones is 1. The van der Waals surface area contributed by atoms with Gasteiger partial charge >= 0.3 is 0 Å². The topological polar surface area (TPSA) is 17.1 Å². The van der Waals surface area contributed by atoms with Crippen LogP contribution >= 0.6 is 39.1 Å². The van der Waals surface area contributed by atoms with Gasteiger partial charge in [-0.2, -0.15) is 0 Å². The molecule has 0 bridgehead atoms. The number of alkyl halides is 2. The third-order valence-corrected chi connectivity index (χ3v) is 3.19. The Labute approximate surface area is 102 Å². The Kier molecular flexibility index (Phi) is 4.93. The first-order valence-corrected chi connectivity index (χ1v) is 5.95. The molecule has 0 unspecified atom stereocenters. The van der Waals surface area contributed by atoms with E-state index in [1.54, 1.807) is 0 Å². The summed E-state index contributed by atoms with van der Waals surface area (Å²) in [7, 11) is 0. The van der Waals surface area contributed by atoms with Gasteiger partial charge in [0.25, 0.3) is 0 Å². The molecule has 0 aliphatic heterocycles. The molecule has 0 heterocycles. The number of halogens is 3. The van der Waals surface area contributed by atoms with Gasteiger partial charge in [0.2, 0.25) is 0 Å². The van der Waals surface area contributed by atoms with Crippen LogP contribution in [-0.2, 0) is 17.1 Å². The van der Waals surface area contributed by atoms with Crippen LogP contribution in [0.4, 0.5) is 0 Å². The van der Waals surface area contributed by atoms with Gasteiger partial charge in [0.05, 0.1) is 5.88 Å². The zero-order chi connectivity index (χ0) is 10.6. The summed E-state index contributed by atoms with van der Waals surface area (Å²) in [6.45, 7) is 0. The highest BCUT2D eigenvalue weighted by molar-refractivity contribution is 9.10. The Morgan fingerprint density at radius 2 is 2.07 bits per heavy atom. The molecule has 1 aromatic rings. The van der Waals surface area contributed by atoms with Crippen molar-refractivity contribution in [1.82, 2.24) is 0 Å². The van der Waals surface area contributed by atoms with Crippen LogP contribution < -0.4 is 0 Å². The first-order valence-electron chi connectivity index (χ1n) is 4.09. The van der Waals surface area contributed by atoms with Gasteiger partial charge in [-0.1, -0.05) is 28.1 Å². The smallest absolute Gasteiger partial charge is 0.151 e. The van der Waals surface area contributed by atoms with Crippen LogP contribution in [0.1, 0.15) is 11.1 Å². The number of Topliss-reactive ketones (excluding diaryl/α,β-unsaturated/α-hetero) is 1. The molecule has 1 nitrogen and oxygen atoms in total. The molecule has 0 amide bonds. The maximum absolute atomic E-state index is 11.2. The predicted octanol–water partition coefficient (Wildman–Crippen LogP) is 3.54. The molecular weight excluding hydrogens is 287 g/mol. The minimum atomic E-state index is 0.0103. The highest BCUT2D eigenvalue weighted by atomic mass is 79.9. The Hall–Kier alpha value is -0.0500. The van der Waals surface area contributed by atoms with Crippen molar-refractivity contribution in [2.45, 2.75) is 12.3 Å². The van der Waals surface area contributed by atoms with Crippen LogP contribution in [0.3, 0.4) is 0 Å². The van der Waals surface area contributed by atoms with E-state index in [4.69, 9.17) is 23.2 Å². The van der Waals surface area contributed by atoms with E-state index in [1.165, 1.54) is 0 Å². The van der Waals surface area contributed by atoms with E-state index in [-0.39, 0.29) is 11.7 Å². The van der Waals surface area contributed by atoms with Crippen molar-refractivity contribution in [1.29, 1.82) is 0 Å². The molecule has 0 fully saturated rings. The van der Waals surface area contributed by atoms with Crippen molar-refractivity contribution in [2.24, 2.45) is 0 Å². The van der Waals surface area contributed by atoms with Crippen LogP contribution in [0.2, 0.25) is 0 Å². The van der Waals surface area contributed by atoms with Gasteiger partial charge in [0.15, 0.2) is 5.78 Å². The van der Waals surface area contributed by atoms with Crippen LogP contribution in [0.25, 0.3) is 0 Å². The maximum Gasteiger partial charge on any atom is 0.151 e. The molecule has 4 heteroatoms. The van der Waals surface area contributed by atoms with E-state index >= 15 is 0 Å². The van der Waals surface area contributed by atoms with Crippen molar-refractivity contribution >= 4 is 44.9 Å². The molecule has 0 radical (unpaired) electrons. The summed E-state index contributed by atoms with van der Waals surface area (Å²) in [4.78, 5) is 11.2. The molecule has 0 aromatic heterocycles. The van der Waals surface area contributed by atoms with Crippen LogP contribution in [-0.4, -0.2) is 11.7 Å². The third-order valence-electron chi connectivity index (χ3n) is 1.89. The average Bonchev–Trinajstić information content (AvgIpc) is 2.18. The zero-order valence-electron chi connectivity index (χ0n) is 7.40. The van der Waals surface area contributed by atoms with E-state index in [0.717, 1.165) is 15.6 Å². The molecule has 0 N–H and O–H groups in total. The van der Waals surface area contributed by atoms with Crippen molar-refractivity contribution in [2.75, 3.05) is 5.88 Å². The highest BCUT2D eigenvalue weighted by Crippen LogP contribution is 2.23. The number of hydrogen-bond acceptors (Lipinski definition) is 1. The Bertz CT molecular complexity index is 339. The van der Waals surface area contributed by atoms with E-state index < -0.39 is 0 Å². The van der Waals surface area contributed by atoms with Gasteiger partial charge in [-0.25, -0.2) is 0 Å². The summed E-state index contributed by atoms with van der Waals surface area (Å²) < 4.78 is 0.937. The zero-order valence-corrected chi connectivity index (χ0v) is 10.5. The van der Waals surface area contributed by atoms with Crippen LogP contribution in [0.5, 0.6) is 0 Å². The number of carbonyl (C=O) groups is 1. The minimum Gasteiger partial charge on any atom is -0.298 e. The lowest BCUT2D eigenvalue weighted by molar-refractivity contribution is -0.116. The second kappa shape index (κ2) is 5.74. The van der Waals surface area contributed by atoms with Crippen molar-refractivity contribution in [3.63, 3.8) is 0 Å². The minimum absolute atomic E-state index is 0.0103. The van der Waals surface area contributed by atoms with Gasteiger partial charge < -0.3 is 0 Å². The molecule has 0 saturated carbocycles. The van der Waals surface area contributed by atoms with Crippen molar-refractivity contribution in [3.8, 4) is 0 Å². The lowest BCUT2D eigenvalue weighted by Crippen LogP contribution is -2.06. The molecule has 0 aliphatic rings. The molecule has 0 spiro atoms. The molecule has 76 valence electrons. The Morgan fingerprint density at radius 1 is 1.36 bits per heavy atom. The van der Waals surface area contributed by atoms with Gasteiger partial charge in [-0.05, 0) is 17.2 Å². The number of benzene rings is 1. The van der Waals surface area contributed by atoms with E-state index in [0.29, 0.717) is 12.3 Å². The van der Waals surface area contributed by atoms with Crippen LogP contribution in [0, 0.1) is 0 Å². The molecular formula is C10H9BrCl2O. The lowest BCUT2D eigenvalue weighted by atomic mass is 10.0. The molecule has 1 aromatic carbocycles. The fraction of sp³-hybridized carbons (Fsp3) is 0.300. The molecule has 0 aliphatic carbocycles. The first kappa shape index (κ1) is 12.0. The van der Waals surface area contributed by atoms with E-state index in [2.05, 4.69) is 15.9 Å². The molecule has 1 rings (SSSR count). The highest BCUT2D eigenvalue weighted by Gasteiger charge is 2.08. The Morgan fingerprint density at radius 3 is 2.64 bits per heavy atom. The number of rotatable bonds is 4. The van der Waals surface area contributed by atoms with E-state index in [1.807, 2.05) is 18.2 Å². The summed E-state index contributed by atoms with van der Waals surface area (Å²) in [5.41, 5.74) is 1.91. The number of carbonyl (C=O) groups excluding carboxylic acids is 1. The van der Waals surface area contributed by atoms with Crippen molar-refractivity contribution in [3.05, 3.63) is 33.8 Å². The summed E-state index contributed by atoms with van der Waals surface area (Å²) in [6, 6.07) is 5.69. The summed E-state index contributed by atoms with van der Waals surface area (Å²) in [6.07, 6.45) is 0.352. The lowest BCUT2D eigenvalue weighted by Gasteiger charge is -2.07. The van der Waals surface area contributed by atoms with Gasteiger partial charge in [-0.3, -0.25) is 4.79 Å². The summed E-state index contributed by atoms with van der Waals surface area (Å²) in [5, 5.41) is 0. The molecule has 14 heavy (non-hydrogen) atoms. The van der Waals surface area contributed by atoms with Crippen LogP contribution in [0.15, 0.2) is 22.7 Å². The third kappa shape index (κ3) is 2.97. The van der Waals surface area contributed by atoms with Gasteiger partial charge in [0, 0.05) is 16.8 Å². The monoisotopic (exact) mass is 294 g/mol. The predicted molar refractivity (Wildman–Crippen MR) is 63.1 cm³/mol. The first-order chi connectivity index (χ1) is 6.69. The van der Waals surface area contributed by atoms with Crippen molar-refractivity contribution < 1.29 is 4.79 Å².